The first-order valence-electron chi connectivity index (χ1n) is 3.49. The smallest absolute Gasteiger partial charge is 0.322 e. The van der Waals surface area contributed by atoms with Crippen molar-refractivity contribution in [3.63, 3.8) is 0 Å². The Hall–Kier alpha value is -1.45. The lowest BCUT2D eigenvalue weighted by atomic mass is 10.0. The number of ether oxygens (including phenoxy) is 1. The van der Waals surface area contributed by atoms with Crippen LogP contribution in [0.15, 0.2) is 16.6 Å². The van der Waals surface area contributed by atoms with Gasteiger partial charge in [-0.1, -0.05) is 6.08 Å². The van der Waals surface area contributed by atoms with Gasteiger partial charge in [0.1, 0.15) is 0 Å². The molecule has 0 bridgehead atoms. The molecular weight excluding hydrogens is 158 g/mol. The fourth-order valence-corrected chi connectivity index (χ4v) is 0.919. The van der Waals surface area contributed by atoms with E-state index in [1.54, 1.807) is 13.0 Å². The molecular formula is C8H9NO3. The van der Waals surface area contributed by atoms with E-state index in [1.165, 1.54) is 13.3 Å². The summed E-state index contributed by atoms with van der Waals surface area (Å²) < 4.78 is 4.43. The van der Waals surface area contributed by atoms with Crippen LogP contribution in [0.3, 0.4) is 0 Å². The van der Waals surface area contributed by atoms with Crippen molar-refractivity contribution in [3.05, 3.63) is 11.6 Å². The zero-order valence-electron chi connectivity index (χ0n) is 6.90. The Morgan fingerprint density at radius 1 is 1.67 bits per heavy atom. The second kappa shape index (κ2) is 3.30. The Kier molecular flexibility index (Phi) is 2.38. The number of hydrogen-bond acceptors (Lipinski definition) is 3. The number of carbonyl (C=O) groups excluding carboxylic acids is 2. The number of amides is 1. The molecule has 0 aliphatic carbocycles. The highest BCUT2D eigenvalue weighted by Gasteiger charge is 2.26. The maximum Gasteiger partial charge on any atom is 0.322 e. The second-order valence-electron chi connectivity index (χ2n) is 2.51. The molecule has 1 aliphatic heterocycles. The van der Waals surface area contributed by atoms with E-state index in [2.05, 4.69) is 9.73 Å². The minimum Gasteiger partial charge on any atom is -0.468 e. The quantitative estimate of drug-likeness (QED) is 0.417. The molecule has 0 aromatic rings. The fraction of sp³-hybridized carbons (Fsp3) is 0.375. The van der Waals surface area contributed by atoms with E-state index in [-0.39, 0.29) is 0 Å². The molecule has 1 aliphatic rings. The highest BCUT2D eigenvalue weighted by molar-refractivity contribution is 6.07. The van der Waals surface area contributed by atoms with Gasteiger partial charge in [-0.05, 0) is 12.5 Å². The van der Waals surface area contributed by atoms with Gasteiger partial charge in [0.15, 0.2) is 5.92 Å². The molecule has 0 saturated heterocycles. The van der Waals surface area contributed by atoms with Crippen molar-refractivity contribution in [2.75, 3.05) is 7.11 Å². The van der Waals surface area contributed by atoms with Crippen LogP contribution in [0, 0.1) is 5.92 Å². The Morgan fingerprint density at radius 3 is 2.92 bits per heavy atom. The van der Waals surface area contributed by atoms with Crippen LogP contribution in [-0.4, -0.2) is 25.2 Å². The normalized spacial score (nSPS) is 22.0. The van der Waals surface area contributed by atoms with Crippen LogP contribution in [0.25, 0.3) is 0 Å². The van der Waals surface area contributed by atoms with Crippen molar-refractivity contribution < 1.29 is 14.3 Å². The molecule has 0 aromatic heterocycles. The number of hydrogen-bond donors (Lipinski definition) is 0. The zero-order chi connectivity index (χ0) is 9.14. The topological polar surface area (TPSA) is 55.7 Å². The van der Waals surface area contributed by atoms with Crippen LogP contribution in [0.2, 0.25) is 0 Å². The predicted molar refractivity (Wildman–Crippen MR) is 42.8 cm³/mol. The predicted octanol–water partition coefficient (Wildman–Crippen LogP) is 0.333. The van der Waals surface area contributed by atoms with Gasteiger partial charge in [0, 0.05) is 6.21 Å². The van der Waals surface area contributed by atoms with Crippen LogP contribution in [0.4, 0.5) is 0 Å². The van der Waals surface area contributed by atoms with Crippen LogP contribution in [-0.2, 0) is 14.3 Å². The summed E-state index contributed by atoms with van der Waals surface area (Å²) in [4.78, 5) is 25.5. The van der Waals surface area contributed by atoms with Gasteiger partial charge >= 0.3 is 5.97 Å². The van der Waals surface area contributed by atoms with Crippen LogP contribution >= 0.6 is 0 Å². The Labute approximate surface area is 69.9 Å². The van der Waals surface area contributed by atoms with Gasteiger partial charge in [0.2, 0.25) is 0 Å². The molecule has 1 heterocycles. The van der Waals surface area contributed by atoms with E-state index in [1.807, 2.05) is 0 Å². The average molecular weight is 167 g/mol. The van der Waals surface area contributed by atoms with E-state index >= 15 is 0 Å². The van der Waals surface area contributed by atoms with Crippen LogP contribution in [0.1, 0.15) is 6.92 Å². The molecule has 1 amide bonds. The first-order valence-corrected chi connectivity index (χ1v) is 3.49. The standard InChI is InChI=1S/C8H9NO3/c1-5-3-6(8(11)12-2)7(10)9-4-5/h3-4,6H,1-2H3. The Morgan fingerprint density at radius 2 is 2.33 bits per heavy atom. The molecule has 0 aromatic carbocycles. The number of aliphatic imine (C=N–C) groups is 1. The van der Waals surface area contributed by atoms with Crippen molar-refractivity contribution in [1.82, 2.24) is 0 Å². The third-order valence-electron chi connectivity index (χ3n) is 1.55. The first-order chi connectivity index (χ1) is 5.65. The second-order valence-corrected chi connectivity index (χ2v) is 2.51. The summed E-state index contributed by atoms with van der Waals surface area (Å²) in [6, 6.07) is 0. The molecule has 0 fully saturated rings. The van der Waals surface area contributed by atoms with Gasteiger partial charge in [0.05, 0.1) is 7.11 Å². The summed E-state index contributed by atoms with van der Waals surface area (Å²) in [5, 5.41) is 0. The van der Waals surface area contributed by atoms with Gasteiger partial charge in [-0.2, -0.15) is 0 Å². The summed E-state index contributed by atoms with van der Waals surface area (Å²) in [5.41, 5.74) is 0.796. The SMILES string of the molecule is COC(=O)C1C=C(C)C=NC1=O. The number of rotatable bonds is 1. The molecule has 0 saturated carbocycles. The van der Waals surface area contributed by atoms with E-state index in [4.69, 9.17) is 0 Å². The van der Waals surface area contributed by atoms with Gasteiger partial charge in [0.25, 0.3) is 5.91 Å². The molecule has 1 atom stereocenters. The first kappa shape index (κ1) is 8.64. The van der Waals surface area contributed by atoms with E-state index in [0.29, 0.717) is 0 Å². The van der Waals surface area contributed by atoms with Crippen molar-refractivity contribution in [2.24, 2.45) is 10.9 Å². The lowest BCUT2D eigenvalue weighted by Crippen LogP contribution is -2.24. The van der Waals surface area contributed by atoms with E-state index in [0.717, 1.165) is 5.57 Å². The summed E-state index contributed by atoms with van der Waals surface area (Å²) in [5.74, 6) is -1.87. The molecule has 1 unspecified atom stereocenters. The molecule has 64 valence electrons. The summed E-state index contributed by atoms with van der Waals surface area (Å²) in [6.45, 7) is 1.77. The van der Waals surface area contributed by atoms with Crippen LogP contribution in [0.5, 0.6) is 0 Å². The van der Waals surface area contributed by atoms with Crippen molar-refractivity contribution in [3.8, 4) is 0 Å². The summed E-state index contributed by atoms with van der Waals surface area (Å²) in [7, 11) is 1.25. The Balaban J connectivity index is 2.84. The van der Waals surface area contributed by atoms with Gasteiger partial charge < -0.3 is 4.74 Å². The molecule has 0 N–H and O–H groups in total. The largest absolute Gasteiger partial charge is 0.468 e. The monoisotopic (exact) mass is 167 g/mol. The molecule has 1 rings (SSSR count). The molecule has 0 spiro atoms. The van der Waals surface area contributed by atoms with Crippen molar-refractivity contribution >= 4 is 18.1 Å². The number of esters is 1. The number of nitrogens with zero attached hydrogens (tertiary/aromatic N) is 1. The molecule has 12 heavy (non-hydrogen) atoms. The lowest BCUT2D eigenvalue weighted by Gasteiger charge is -2.09. The van der Waals surface area contributed by atoms with Gasteiger partial charge in [-0.3, -0.25) is 9.59 Å². The maximum atomic E-state index is 11.0. The third kappa shape index (κ3) is 1.58. The van der Waals surface area contributed by atoms with Crippen LogP contribution < -0.4 is 0 Å². The van der Waals surface area contributed by atoms with Gasteiger partial charge in [-0.25, -0.2) is 4.99 Å². The molecule has 4 heteroatoms. The number of dihydropyridines is 1. The average Bonchev–Trinajstić information content (AvgIpc) is 2.08. The highest BCUT2D eigenvalue weighted by atomic mass is 16.5. The van der Waals surface area contributed by atoms with Crippen molar-refractivity contribution in [2.45, 2.75) is 6.92 Å². The van der Waals surface area contributed by atoms with E-state index < -0.39 is 17.8 Å². The minimum atomic E-state index is -0.847. The zero-order valence-corrected chi connectivity index (χ0v) is 6.90. The summed E-state index contributed by atoms with van der Waals surface area (Å²) >= 11 is 0. The number of allylic oxidation sites excluding steroid dienone is 1. The third-order valence-corrected chi connectivity index (χ3v) is 1.55. The summed E-state index contributed by atoms with van der Waals surface area (Å²) in [6.07, 6.45) is 2.98. The van der Waals surface area contributed by atoms with Gasteiger partial charge in [-0.15, -0.1) is 0 Å². The lowest BCUT2D eigenvalue weighted by molar-refractivity contribution is -0.147. The maximum absolute atomic E-state index is 11.0. The fourth-order valence-electron chi connectivity index (χ4n) is 0.919. The van der Waals surface area contributed by atoms with Crippen molar-refractivity contribution in [1.29, 1.82) is 0 Å². The minimum absolute atomic E-state index is 0.465. The number of methoxy groups -OCH3 is 1. The number of carbonyl (C=O) groups is 2. The molecule has 0 radical (unpaired) electrons. The Bertz CT molecular complexity index is 278. The molecule has 4 nitrogen and oxygen atoms in total. The van der Waals surface area contributed by atoms with E-state index in [9.17, 15) is 9.59 Å². The highest BCUT2D eigenvalue weighted by Crippen LogP contribution is 2.11.